The van der Waals surface area contributed by atoms with Gasteiger partial charge < -0.3 is 19.3 Å². The molecule has 2 heterocycles. The number of cyclic esters (lactones) is 1. The van der Waals surface area contributed by atoms with Crippen LogP contribution in [0.4, 0.5) is 0 Å². The minimum Gasteiger partial charge on any atom is -0.507 e. The Morgan fingerprint density at radius 2 is 2.04 bits per heavy atom. The maximum absolute atomic E-state index is 12.6. The highest BCUT2D eigenvalue weighted by Gasteiger charge is 2.33. The lowest BCUT2D eigenvalue weighted by Gasteiger charge is -2.37. The van der Waals surface area contributed by atoms with Gasteiger partial charge >= 0.3 is 5.97 Å². The smallest absolute Gasteiger partial charge is 0.342 e. The zero-order valence-electron chi connectivity index (χ0n) is 14.4. The fourth-order valence-electron chi connectivity index (χ4n) is 3.88. The average molecular weight is 334 g/mol. The Morgan fingerprint density at radius 1 is 1.25 bits per heavy atom. The topological polar surface area (TPSA) is 65.0 Å². The zero-order chi connectivity index (χ0) is 17.1. The van der Waals surface area contributed by atoms with E-state index in [2.05, 4.69) is 6.92 Å². The fourth-order valence-corrected chi connectivity index (χ4v) is 3.88. The van der Waals surface area contributed by atoms with E-state index in [4.69, 9.17) is 14.2 Å². The molecule has 4 atom stereocenters. The van der Waals surface area contributed by atoms with Crippen LogP contribution >= 0.6 is 0 Å². The number of methoxy groups -OCH3 is 1. The molecule has 5 heteroatoms. The fraction of sp³-hybridized carbons (Fsp3) is 0.632. The maximum Gasteiger partial charge on any atom is 0.342 e. The average Bonchev–Trinajstić information content (AvgIpc) is 2.51. The van der Waals surface area contributed by atoms with E-state index in [0.29, 0.717) is 31.8 Å². The number of hydrogen-bond donors (Lipinski definition) is 1. The van der Waals surface area contributed by atoms with Crippen molar-refractivity contribution in [3.63, 3.8) is 0 Å². The summed E-state index contributed by atoms with van der Waals surface area (Å²) in [5.41, 5.74) is 1.07. The van der Waals surface area contributed by atoms with E-state index in [-0.39, 0.29) is 29.6 Å². The monoisotopic (exact) mass is 334 g/mol. The summed E-state index contributed by atoms with van der Waals surface area (Å²) in [6.07, 6.45) is 3.82. The lowest BCUT2D eigenvalue weighted by atomic mass is 9.87. The quantitative estimate of drug-likeness (QED) is 0.861. The van der Waals surface area contributed by atoms with Gasteiger partial charge in [0.15, 0.2) is 0 Å². The number of aromatic hydroxyl groups is 1. The molecule has 0 saturated carbocycles. The van der Waals surface area contributed by atoms with Gasteiger partial charge in [-0.2, -0.15) is 0 Å². The van der Waals surface area contributed by atoms with Crippen LogP contribution in [-0.4, -0.2) is 43.1 Å². The van der Waals surface area contributed by atoms with E-state index < -0.39 is 5.97 Å². The van der Waals surface area contributed by atoms with Crippen molar-refractivity contribution in [2.24, 2.45) is 5.92 Å². The van der Waals surface area contributed by atoms with Crippen LogP contribution in [-0.2, 0) is 20.6 Å². The highest BCUT2D eigenvalue weighted by Crippen LogP contribution is 2.33. The van der Waals surface area contributed by atoms with Crippen LogP contribution in [0, 0.1) is 5.92 Å². The summed E-state index contributed by atoms with van der Waals surface area (Å²) >= 11 is 0. The molecule has 0 amide bonds. The minimum atomic E-state index is -0.447. The molecule has 1 fully saturated rings. The van der Waals surface area contributed by atoms with Crippen LogP contribution in [0.2, 0.25) is 0 Å². The third-order valence-electron chi connectivity index (χ3n) is 4.94. The number of phenolic OH excluding ortho intramolecular Hbond substituents is 1. The molecule has 2 aliphatic heterocycles. The molecule has 4 unspecified atom stereocenters. The van der Waals surface area contributed by atoms with Crippen molar-refractivity contribution in [2.75, 3.05) is 13.7 Å². The first kappa shape index (κ1) is 17.2. The molecule has 3 rings (SSSR count). The van der Waals surface area contributed by atoms with Gasteiger partial charge in [0.2, 0.25) is 0 Å². The van der Waals surface area contributed by atoms with Gasteiger partial charge in [0.1, 0.15) is 17.4 Å². The summed E-state index contributed by atoms with van der Waals surface area (Å²) in [6, 6.07) is 5.17. The number of carbonyl (C=O) groups is 1. The molecule has 1 aromatic carbocycles. The Kier molecular flexibility index (Phi) is 5.41. The van der Waals surface area contributed by atoms with Crippen molar-refractivity contribution < 1.29 is 24.1 Å². The van der Waals surface area contributed by atoms with Crippen LogP contribution in [0.3, 0.4) is 0 Å². The first-order valence-corrected chi connectivity index (χ1v) is 8.73. The number of esters is 1. The van der Waals surface area contributed by atoms with Crippen LogP contribution in [0.25, 0.3) is 0 Å². The molecule has 0 aromatic heterocycles. The van der Waals surface area contributed by atoms with Gasteiger partial charge in [0.25, 0.3) is 0 Å². The predicted molar refractivity (Wildman–Crippen MR) is 89.2 cm³/mol. The Balaban J connectivity index is 1.92. The molecule has 0 radical (unpaired) electrons. The number of rotatable bonds is 3. The third-order valence-corrected chi connectivity index (χ3v) is 4.94. The van der Waals surface area contributed by atoms with E-state index in [1.54, 1.807) is 13.2 Å². The summed E-state index contributed by atoms with van der Waals surface area (Å²) in [6.45, 7) is 2.77. The van der Waals surface area contributed by atoms with Gasteiger partial charge in [0.05, 0.1) is 12.2 Å². The molecular formula is C19H26O5. The molecule has 1 saturated heterocycles. The standard InChI is InChI=1S/C19H26O5/c1-12-8-15-10-13-4-3-5-17(20)18(13)19(21)24-14(6-7-22-2)11-16(9-12)23-15/h3-5,12,14-16,20H,6-11H2,1-2H3. The van der Waals surface area contributed by atoms with E-state index in [9.17, 15) is 9.90 Å². The van der Waals surface area contributed by atoms with Crippen molar-refractivity contribution in [1.82, 2.24) is 0 Å². The largest absolute Gasteiger partial charge is 0.507 e. The summed E-state index contributed by atoms with van der Waals surface area (Å²) in [5.74, 6) is 0.105. The maximum atomic E-state index is 12.6. The van der Waals surface area contributed by atoms with Crippen molar-refractivity contribution in [1.29, 1.82) is 0 Å². The van der Waals surface area contributed by atoms with Crippen LogP contribution < -0.4 is 0 Å². The van der Waals surface area contributed by atoms with Gasteiger partial charge in [-0.05, 0) is 36.8 Å². The Morgan fingerprint density at radius 3 is 2.83 bits per heavy atom. The number of phenols is 1. The van der Waals surface area contributed by atoms with Gasteiger partial charge in [-0.1, -0.05) is 19.1 Å². The second-order valence-electron chi connectivity index (χ2n) is 7.02. The molecule has 0 spiro atoms. The minimum absolute atomic E-state index is 0.0241. The van der Waals surface area contributed by atoms with Gasteiger partial charge in [-0.3, -0.25) is 0 Å². The molecular weight excluding hydrogens is 308 g/mol. The Bertz CT molecular complexity index is 585. The molecule has 5 nitrogen and oxygen atoms in total. The van der Waals surface area contributed by atoms with E-state index in [0.717, 1.165) is 18.4 Å². The van der Waals surface area contributed by atoms with Crippen molar-refractivity contribution in [3.05, 3.63) is 29.3 Å². The third kappa shape index (κ3) is 3.90. The van der Waals surface area contributed by atoms with E-state index >= 15 is 0 Å². The van der Waals surface area contributed by atoms with Crippen LogP contribution in [0.1, 0.15) is 48.5 Å². The summed E-state index contributed by atoms with van der Waals surface area (Å²) in [7, 11) is 1.64. The molecule has 1 aromatic rings. The van der Waals surface area contributed by atoms with Crippen LogP contribution in [0.15, 0.2) is 18.2 Å². The van der Waals surface area contributed by atoms with Crippen molar-refractivity contribution in [2.45, 2.75) is 57.3 Å². The molecule has 2 bridgehead atoms. The molecule has 0 aliphatic carbocycles. The summed E-state index contributed by atoms with van der Waals surface area (Å²) < 4.78 is 17.1. The Labute approximate surface area is 142 Å². The van der Waals surface area contributed by atoms with Gasteiger partial charge in [0, 0.05) is 26.6 Å². The number of ether oxygens (including phenoxy) is 3. The molecule has 24 heavy (non-hydrogen) atoms. The highest BCUT2D eigenvalue weighted by atomic mass is 16.6. The number of carbonyl (C=O) groups excluding carboxylic acids is 1. The Hall–Kier alpha value is -1.59. The van der Waals surface area contributed by atoms with Crippen LogP contribution in [0.5, 0.6) is 5.75 Å². The lowest BCUT2D eigenvalue weighted by Crippen LogP contribution is -2.38. The number of fused-ring (bicyclic) bond motifs is 3. The zero-order valence-corrected chi connectivity index (χ0v) is 14.4. The highest BCUT2D eigenvalue weighted by molar-refractivity contribution is 5.94. The first-order valence-electron chi connectivity index (χ1n) is 8.73. The molecule has 2 aliphatic rings. The first-order chi connectivity index (χ1) is 11.6. The molecule has 132 valence electrons. The predicted octanol–water partition coefficient (Wildman–Crippen LogP) is 3.08. The second kappa shape index (κ2) is 7.53. The lowest BCUT2D eigenvalue weighted by molar-refractivity contribution is -0.0895. The van der Waals surface area contributed by atoms with Crippen molar-refractivity contribution >= 4 is 5.97 Å². The normalized spacial score (nSPS) is 30.3. The van der Waals surface area contributed by atoms with E-state index in [1.165, 1.54) is 6.07 Å². The SMILES string of the molecule is COCCC1CC2CC(C)CC(Cc3cccc(O)c3C(=O)O1)O2. The van der Waals surface area contributed by atoms with Gasteiger partial charge in [-0.25, -0.2) is 4.79 Å². The van der Waals surface area contributed by atoms with Crippen molar-refractivity contribution in [3.8, 4) is 5.75 Å². The van der Waals surface area contributed by atoms with Gasteiger partial charge in [-0.15, -0.1) is 0 Å². The second-order valence-corrected chi connectivity index (χ2v) is 7.02. The summed E-state index contributed by atoms with van der Waals surface area (Å²) in [5, 5.41) is 10.2. The number of benzene rings is 1. The number of hydrogen-bond acceptors (Lipinski definition) is 5. The summed E-state index contributed by atoms with van der Waals surface area (Å²) in [4.78, 5) is 12.6. The van der Waals surface area contributed by atoms with E-state index in [1.807, 2.05) is 6.07 Å². The molecule has 1 N–H and O–H groups in total.